The minimum atomic E-state index is -0.566. The van der Waals surface area contributed by atoms with Crippen LogP contribution in [-0.2, 0) is 20.1 Å². The topological polar surface area (TPSA) is 299 Å². The summed E-state index contributed by atoms with van der Waals surface area (Å²) in [7, 11) is 7.34. The molecule has 4 aliphatic carbocycles. The number of aromatic nitrogens is 15. The van der Waals surface area contributed by atoms with Gasteiger partial charge in [0.15, 0.2) is 23.3 Å². The Labute approximate surface area is 838 Å². The van der Waals surface area contributed by atoms with Gasteiger partial charge in [0, 0.05) is 155 Å². The first-order chi connectivity index (χ1) is 70.7. The van der Waals surface area contributed by atoms with E-state index in [2.05, 4.69) is 74.4 Å². The summed E-state index contributed by atoms with van der Waals surface area (Å²) >= 11 is 6.54. The fourth-order valence-corrected chi connectivity index (χ4v) is 23.6. The molecular weight excluding hydrogens is 1860 g/mol. The van der Waals surface area contributed by atoms with E-state index < -0.39 is 23.3 Å². The van der Waals surface area contributed by atoms with Gasteiger partial charge in [0.2, 0.25) is 0 Å². The molecular formula is C113H107ClF4N20O7. The van der Waals surface area contributed by atoms with Crippen molar-refractivity contribution >= 4 is 122 Å². The van der Waals surface area contributed by atoms with E-state index in [9.17, 15) is 15.3 Å². The van der Waals surface area contributed by atoms with Crippen molar-refractivity contribution in [3.05, 3.63) is 247 Å². The summed E-state index contributed by atoms with van der Waals surface area (Å²) < 4.78 is 90.0. The number of methoxy groups -OCH3 is 1. The van der Waals surface area contributed by atoms with Gasteiger partial charge in [0.1, 0.15) is 104 Å². The van der Waals surface area contributed by atoms with Crippen LogP contribution in [0.5, 0.6) is 41.3 Å². The van der Waals surface area contributed by atoms with Gasteiger partial charge in [-0.25, -0.2) is 22.5 Å². The molecule has 14 heterocycles. The molecule has 32 heteroatoms. The number of pyridine rings is 5. The highest BCUT2D eigenvalue weighted by molar-refractivity contribution is 6.36. The number of aryl methyl sites for hydroxylation is 1. The highest BCUT2D eigenvalue weighted by atomic mass is 35.5. The second-order valence-corrected chi connectivity index (χ2v) is 40.6. The van der Waals surface area contributed by atoms with Crippen molar-refractivity contribution in [2.75, 3.05) is 113 Å². The number of nitrogens with zero attached hydrogens (tertiary/aromatic N) is 20. The van der Waals surface area contributed by atoms with Gasteiger partial charge in [-0.1, -0.05) is 121 Å². The smallest absolute Gasteiger partial charge is 0.319 e. The van der Waals surface area contributed by atoms with Crippen molar-refractivity contribution in [2.45, 2.75) is 90.1 Å². The number of benzene rings is 8. The van der Waals surface area contributed by atoms with Gasteiger partial charge in [-0.15, -0.1) is 0 Å². The van der Waals surface area contributed by atoms with Crippen LogP contribution in [0.1, 0.15) is 88.4 Å². The summed E-state index contributed by atoms with van der Waals surface area (Å²) in [6.07, 6.45) is 29.2. The molecule has 27 nitrogen and oxygen atoms in total. The first-order valence-corrected chi connectivity index (χ1v) is 50.3. The minimum Gasteiger partial charge on any atom is -0.508 e. The normalized spacial score (nSPS) is 19.3. The summed E-state index contributed by atoms with van der Waals surface area (Å²) in [5, 5.41) is 40.4. The number of hydrogen-bond acceptors (Lipinski definition) is 26. The molecule has 8 fully saturated rings. The van der Waals surface area contributed by atoms with Crippen LogP contribution in [0.2, 0.25) is 5.02 Å². The number of piperidine rings is 4. The summed E-state index contributed by atoms with van der Waals surface area (Å²) in [5.74, 6) is 6.55. The summed E-state index contributed by atoms with van der Waals surface area (Å²) in [4.78, 5) is 74.6. The van der Waals surface area contributed by atoms with Crippen LogP contribution in [0.3, 0.4) is 0 Å². The minimum absolute atomic E-state index is 0.0475. The third kappa shape index (κ3) is 19.0. The number of phenols is 3. The molecule has 8 unspecified atom stereocenters. The third-order valence-electron chi connectivity index (χ3n) is 30.2. The third-order valence-corrected chi connectivity index (χ3v) is 30.5. The average Bonchev–Trinajstić information content (AvgIpc) is 1.61. The number of phenolic OH excluding ortho intramolecular Hbond substituents is 3. The molecule has 8 bridgehead atoms. The highest BCUT2D eigenvalue weighted by Gasteiger charge is 2.41. The number of rotatable bonds is 20. The van der Waals surface area contributed by atoms with E-state index in [1.807, 2.05) is 158 Å². The predicted octanol–water partition coefficient (Wildman–Crippen LogP) is 21.9. The molecule has 26 rings (SSSR count). The van der Waals surface area contributed by atoms with E-state index >= 15 is 17.6 Å². The second-order valence-electron chi connectivity index (χ2n) is 40.2. The quantitative estimate of drug-likeness (QED) is 0.0597. The van der Waals surface area contributed by atoms with Gasteiger partial charge < -0.3 is 63.3 Å². The molecule has 8 atom stereocenters. The summed E-state index contributed by atoms with van der Waals surface area (Å²) in [5.41, 5.74) is 4.60. The summed E-state index contributed by atoms with van der Waals surface area (Å²) in [6, 6.07) is 48.1. The SMILES string of the molecule is CN(C)CCOc1nc(N2CC3CCC(C3)C2)c2cnc(-c3cccc4cccc(Cl)c34)c(F)c2n1.COc1nc(N2CC3CCC(C3)C2)c2cnc(-c3cc(O)cc4ccccc34)c(F)c2n1.Cn1ccnc1COc1nc(N2CC3CCC(C3)C2)c2cnc(-c3cc(O)cc4ccccc34)c(F)c2n1.Oc1cc(-c2ncc3c(N4CC5CCC(C5)C4)nc(OCCc4cccnc4)nc3c2F)c2ccccc2c1. The van der Waals surface area contributed by atoms with Crippen LogP contribution in [0.4, 0.5) is 40.8 Å². The molecule has 10 aromatic heterocycles. The fourth-order valence-electron chi connectivity index (χ4n) is 23.4. The molecule has 0 amide bonds. The van der Waals surface area contributed by atoms with Gasteiger partial charge in [-0.3, -0.25) is 24.9 Å². The van der Waals surface area contributed by atoms with E-state index in [0.29, 0.717) is 151 Å². The zero-order valence-corrected chi connectivity index (χ0v) is 81.5. The van der Waals surface area contributed by atoms with Gasteiger partial charge in [-0.05, 0) is 230 Å². The number of anilines is 4. The number of halogens is 5. The van der Waals surface area contributed by atoms with E-state index in [4.69, 9.17) is 45.5 Å². The second kappa shape index (κ2) is 39.9. The molecule has 145 heavy (non-hydrogen) atoms. The Morgan fingerprint density at radius 2 is 0.731 bits per heavy atom. The zero-order chi connectivity index (χ0) is 98.8. The van der Waals surface area contributed by atoms with Crippen LogP contribution in [-0.4, -0.2) is 188 Å². The molecule has 8 aromatic carbocycles. The fraction of sp³-hybridized carbons (Fsp3) is 0.327. The van der Waals surface area contributed by atoms with E-state index in [1.54, 1.807) is 79.8 Å². The van der Waals surface area contributed by atoms with E-state index in [1.165, 1.54) is 84.2 Å². The van der Waals surface area contributed by atoms with Crippen LogP contribution < -0.4 is 38.5 Å². The monoisotopic (exact) mass is 1970 g/mol. The molecule has 4 aliphatic heterocycles. The van der Waals surface area contributed by atoms with E-state index in [0.717, 1.165) is 101 Å². The lowest BCUT2D eigenvalue weighted by atomic mass is 9.98. The van der Waals surface area contributed by atoms with E-state index in [-0.39, 0.29) is 92.7 Å². The van der Waals surface area contributed by atoms with Gasteiger partial charge in [0.05, 0.1) is 35.3 Å². The predicted molar refractivity (Wildman–Crippen MR) is 555 cm³/mol. The van der Waals surface area contributed by atoms with Gasteiger partial charge in [-0.2, -0.15) is 39.9 Å². The maximum Gasteiger partial charge on any atom is 0.319 e. The molecule has 0 radical (unpaired) electrons. The molecule has 18 aromatic rings. The number of imidazole rings is 1. The Hall–Kier alpha value is -15.1. The summed E-state index contributed by atoms with van der Waals surface area (Å²) in [6.45, 7) is 8.82. The lowest BCUT2D eigenvalue weighted by Crippen LogP contribution is -2.37. The lowest BCUT2D eigenvalue weighted by Gasteiger charge is -2.33. The Balaban J connectivity index is 0.000000107. The number of ether oxygens (including phenoxy) is 4. The van der Waals surface area contributed by atoms with Gasteiger partial charge >= 0.3 is 24.0 Å². The first-order valence-electron chi connectivity index (χ1n) is 49.9. The number of likely N-dealkylation sites (N-methyl/N-ethyl adjacent to an activating group) is 1. The standard InChI is InChI=1S/C31H28FN5O2.C29H27FN6O2.C28H29ClFN5O.C25H23FN4O2/c32-27-28(25-14-23(38)13-22-5-1-2-6-24(22)25)34-16-26-29(27)35-31(39-11-9-19-4-3-10-33-15-19)36-30(26)37-17-20-7-8-21(12-20)18-37;1-35-9-8-31-24(35)16-38-29-33-27-23(28(34-29)36-14-17-6-7-18(10-17)15-36)13-32-26(25(27)30)22-12-20(37)11-19-4-2-3-5-21(19)22;1-34(2)11-12-36-28-32-26-21(27(33-28)35-15-17-9-10-18(13-17)16-35)14-31-25(24(26)30)20-7-3-5-19-6-4-8-22(29)23(19)20;1-32-25-28-23-20(24(29-25)30-12-14-6-7-15(8-14)13-30)11-27-22(21(23)26)19-10-17(31)9-16-4-2-3-5-18(16)19/h1-6,10,13-16,20-21,38H,7-9,11-12,17-18H2;2-5,8-9,11-13,17-18,37H,6-7,10,14-16H2,1H3;3-8,14,17-18H,9-13,15-16H2,1-2H3;2-5,9-11,14-15,31H,6-8,12-13H2,1H3. The van der Waals surface area contributed by atoms with Gasteiger partial charge in [0.25, 0.3) is 0 Å². The Kier molecular flexibility index (Phi) is 25.7. The largest absolute Gasteiger partial charge is 0.508 e. The van der Waals surface area contributed by atoms with Crippen molar-refractivity contribution in [2.24, 2.45) is 54.4 Å². The van der Waals surface area contributed by atoms with Crippen LogP contribution in [0, 0.1) is 70.6 Å². The van der Waals surface area contributed by atoms with Crippen LogP contribution in [0.15, 0.2) is 207 Å². The average molecular weight is 1970 g/mol. The number of hydrogen-bond donors (Lipinski definition) is 3. The molecule has 4 saturated heterocycles. The number of fused-ring (bicyclic) bond motifs is 16. The van der Waals surface area contributed by atoms with Crippen molar-refractivity contribution in [1.82, 2.24) is 79.2 Å². The highest BCUT2D eigenvalue weighted by Crippen LogP contribution is 2.49. The van der Waals surface area contributed by atoms with Crippen molar-refractivity contribution in [3.8, 4) is 86.3 Å². The lowest BCUT2D eigenvalue weighted by molar-refractivity contribution is 0.246. The van der Waals surface area contributed by atoms with Crippen LogP contribution in [0.25, 0.3) is 132 Å². The van der Waals surface area contributed by atoms with Crippen molar-refractivity contribution in [3.63, 3.8) is 0 Å². The van der Waals surface area contributed by atoms with Crippen molar-refractivity contribution < 1.29 is 51.8 Å². The maximum absolute atomic E-state index is 16.4. The molecule has 3 N–H and O–H groups in total. The first kappa shape index (κ1) is 93.5. The Morgan fingerprint density at radius 3 is 1.10 bits per heavy atom. The molecule has 736 valence electrons. The Bertz CT molecular complexity index is 7970. The number of aromatic hydroxyl groups is 3. The Morgan fingerprint density at radius 1 is 0.372 bits per heavy atom. The van der Waals surface area contributed by atoms with Crippen molar-refractivity contribution in [1.29, 1.82) is 0 Å². The molecule has 8 aliphatic rings. The molecule has 4 saturated carbocycles. The zero-order valence-electron chi connectivity index (χ0n) is 80.7. The maximum atomic E-state index is 16.4. The molecule has 0 spiro atoms. The van der Waals surface area contributed by atoms with Crippen LogP contribution >= 0.6 is 11.6 Å².